The molecule has 0 aromatic heterocycles. The lowest BCUT2D eigenvalue weighted by Gasteiger charge is -2.26. The van der Waals surface area contributed by atoms with Gasteiger partial charge in [-0.15, -0.1) is 0 Å². The van der Waals surface area contributed by atoms with E-state index in [0.717, 1.165) is 12.3 Å². The van der Waals surface area contributed by atoms with Crippen LogP contribution in [-0.4, -0.2) is 54.9 Å². The first-order valence-electron chi connectivity index (χ1n) is 6.91. The molecule has 2 aliphatic rings. The summed E-state index contributed by atoms with van der Waals surface area (Å²) in [6.45, 7) is 1.13. The highest BCUT2D eigenvalue weighted by Crippen LogP contribution is 2.33. The van der Waals surface area contributed by atoms with Gasteiger partial charge in [-0.2, -0.15) is 0 Å². The molecule has 2 fully saturated rings. The van der Waals surface area contributed by atoms with Gasteiger partial charge >= 0.3 is 12.0 Å². The third kappa shape index (κ3) is 3.83. The van der Waals surface area contributed by atoms with Crippen LogP contribution < -0.4 is 5.32 Å². The van der Waals surface area contributed by atoms with E-state index < -0.39 is 11.9 Å². The number of carboxylic acid groups (broad SMARTS) is 1. The highest BCUT2D eigenvalue weighted by atomic mass is 16.5. The monoisotopic (exact) mass is 270 g/mol. The van der Waals surface area contributed by atoms with Crippen LogP contribution in [0.3, 0.4) is 0 Å². The zero-order chi connectivity index (χ0) is 13.8. The number of aliphatic carboxylic acids is 1. The number of urea groups is 1. The molecule has 0 spiro atoms. The second-order valence-electron chi connectivity index (χ2n) is 5.48. The summed E-state index contributed by atoms with van der Waals surface area (Å²) in [5.41, 5.74) is 0. The Morgan fingerprint density at radius 3 is 2.74 bits per heavy atom. The largest absolute Gasteiger partial charge is 0.481 e. The molecule has 0 aromatic carbocycles. The van der Waals surface area contributed by atoms with E-state index in [2.05, 4.69) is 5.32 Å². The van der Waals surface area contributed by atoms with Crippen LogP contribution in [0, 0.1) is 11.8 Å². The van der Waals surface area contributed by atoms with E-state index in [4.69, 9.17) is 9.84 Å². The number of hydrogen-bond acceptors (Lipinski definition) is 3. The van der Waals surface area contributed by atoms with E-state index in [1.54, 1.807) is 7.05 Å². The fourth-order valence-corrected chi connectivity index (χ4v) is 2.43. The summed E-state index contributed by atoms with van der Waals surface area (Å²) >= 11 is 0. The summed E-state index contributed by atoms with van der Waals surface area (Å²) in [4.78, 5) is 24.4. The molecule has 1 aliphatic carbocycles. The van der Waals surface area contributed by atoms with Gasteiger partial charge in [0, 0.05) is 13.6 Å². The van der Waals surface area contributed by atoms with Crippen molar-refractivity contribution in [3.8, 4) is 0 Å². The van der Waals surface area contributed by atoms with Crippen LogP contribution >= 0.6 is 0 Å². The number of rotatable bonds is 6. The molecule has 2 N–H and O–H groups in total. The number of carbonyl (C=O) groups is 2. The molecular weight excluding hydrogens is 248 g/mol. The molecule has 0 radical (unpaired) electrons. The highest BCUT2D eigenvalue weighted by molar-refractivity contribution is 5.77. The van der Waals surface area contributed by atoms with Crippen LogP contribution in [0.1, 0.15) is 25.7 Å². The molecule has 1 aliphatic heterocycles. The maximum Gasteiger partial charge on any atom is 0.317 e. The molecule has 0 aromatic rings. The van der Waals surface area contributed by atoms with E-state index in [0.29, 0.717) is 13.2 Å². The smallest absolute Gasteiger partial charge is 0.317 e. The van der Waals surface area contributed by atoms with Gasteiger partial charge in [0.2, 0.25) is 0 Å². The maximum absolute atomic E-state index is 11.9. The van der Waals surface area contributed by atoms with Crippen molar-refractivity contribution < 1.29 is 19.4 Å². The Balaban J connectivity index is 1.72. The van der Waals surface area contributed by atoms with E-state index in [-0.39, 0.29) is 18.7 Å². The number of ether oxygens (including phenoxy) is 1. The van der Waals surface area contributed by atoms with Crippen molar-refractivity contribution >= 4 is 12.0 Å². The normalized spacial score (nSPS) is 26.2. The van der Waals surface area contributed by atoms with Gasteiger partial charge in [0.25, 0.3) is 0 Å². The van der Waals surface area contributed by atoms with Crippen LogP contribution in [0.4, 0.5) is 4.79 Å². The fraction of sp³-hybridized carbons (Fsp3) is 0.846. The third-order valence-electron chi connectivity index (χ3n) is 3.95. The molecule has 1 saturated carbocycles. The lowest BCUT2D eigenvalue weighted by molar-refractivity contribution is -0.142. The Bertz CT molecular complexity index is 344. The van der Waals surface area contributed by atoms with Gasteiger partial charge in [0.1, 0.15) is 5.92 Å². The minimum absolute atomic E-state index is 0.180. The summed E-state index contributed by atoms with van der Waals surface area (Å²) in [6, 6.07) is -0.585. The number of likely N-dealkylation sites (N-methyl/N-ethyl adjacent to an activating group) is 1. The predicted octanol–water partition coefficient (Wildman–Crippen LogP) is 0.918. The molecule has 1 saturated heterocycles. The van der Waals surface area contributed by atoms with Gasteiger partial charge in [0.15, 0.2) is 0 Å². The molecule has 6 heteroatoms. The summed E-state index contributed by atoms with van der Waals surface area (Å²) < 4.78 is 5.17. The standard InChI is InChI=1S/C13H22N2O4/c1-15(11-8-19-7-10(11)12(16)17)13(18)14-6-2-3-9-4-5-9/h9-11H,2-8H2,1H3,(H,14,18)(H,16,17). The van der Waals surface area contributed by atoms with Gasteiger partial charge in [0.05, 0.1) is 19.3 Å². The van der Waals surface area contributed by atoms with Crippen molar-refractivity contribution in [1.29, 1.82) is 0 Å². The van der Waals surface area contributed by atoms with Crippen molar-refractivity contribution in [2.24, 2.45) is 11.8 Å². The van der Waals surface area contributed by atoms with Crippen molar-refractivity contribution in [3.63, 3.8) is 0 Å². The lowest BCUT2D eigenvalue weighted by Crippen LogP contribution is -2.48. The quantitative estimate of drug-likeness (QED) is 0.703. The number of nitrogens with zero attached hydrogens (tertiary/aromatic N) is 1. The van der Waals surface area contributed by atoms with Gasteiger partial charge in [-0.25, -0.2) is 4.79 Å². The first-order chi connectivity index (χ1) is 9.09. The zero-order valence-electron chi connectivity index (χ0n) is 11.3. The molecule has 2 atom stereocenters. The molecule has 0 bridgehead atoms. The molecule has 1 heterocycles. The number of carboxylic acids is 1. The SMILES string of the molecule is CN(C(=O)NCCCC1CC1)C1COCC1C(=O)O. The molecule has 2 amide bonds. The lowest BCUT2D eigenvalue weighted by atomic mass is 10.0. The van der Waals surface area contributed by atoms with Gasteiger partial charge in [-0.3, -0.25) is 4.79 Å². The summed E-state index contributed by atoms with van der Waals surface area (Å²) in [6.07, 6.45) is 4.82. The van der Waals surface area contributed by atoms with Crippen LogP contribution in [-0.2, 0) is 9.53 Å². The first-order valence-corrected chi connectivity index (χ1v) is 6.91. The number of hydrogen-bond donors (Lipinski definition) is 2. The summed E-state index contributed by atoms with van der Waals surface area (Å²) in [5, 5.41) is 11.9. The van der Waals surface area contributed by atoms with E-state index >= 15 is 0 Å². The molecular formula is C13H22N2O4. The summed E-state index contributed by atoms with van der Waals surface area (Å²) in [5.74, 6) is -0.660. The van der Waals surface area contributed by atoms with Crippen LogP contribution in [0.25, 0.3) is 0 Å². The molecule has 108 valence electrons. The Morgan fingerprint density at radius 1 is 1.37 bits per heavy atom. The van der Waals surface area contributed by atoms with Gasteiger partial charge < -0.3 is 20.1 Å². The number of carbonyl (C=O) groups excluding carboxylic acids is 1. The summed E-state index contributed by atoms with van der Waals surface area (Å²) in [7, 11) is 1.63. The van der Waals surface area contributed by atoms with Gasteiger partial charge in [-0.05, 0) is 18.8 Å². The highest BCUT2D eigenvalue weighted by Gasteiger charge is 2.38. The molecule has 2 unspecified atom stereocenters. The Labute approximate surface area is 113 Å². The second kappa shape index (κ2) is 6.23. The predicted molar refractivity (Wildman–Crippen MR) is 68.9 cm³/mol. The Kier molecular flexibility index (Phi) is 4.63. The fourth-order valence-electron chi connectivity index (χ4n) is 2.43. The zero-order valence-corrected chi connectivity index (χ0v) is 11.3. The van der Waals surface area contributed by atoms with Crippen molar-refractivity contribution in [1.82, 2.24) is 10.2 Å². The van der Waals surface area contributed by atoms with Crippen molar-refractivity contribution in [3.05, 3.63) is 0 Å². The maximum atomic E-state index is 11.9. The topological polar surface area (TPSA) is 78.9 Å². The molecule has 19 heavy (non-hydrogen) atoms. The van der Waals surface area contributed by atoms with E-state index in [1.165, 1.54) is 24.2 Å². The van der Waals surface area contributed by atoms with Crippen LogP contribution in [0.15, 0.2) is 0 Å². The minimum Gasteiger partial charge on any atom is -0.481 e. The number of amides is 2. The van der Waals surface area contributed by atoms with Crippen LogP contribution in [0.5, 0.6) is 0 Å². The minimum atomic E-state index is -0.907. The second-order valence-corrected chi connectivity index (χ2v) is 5.48. The van der Waals surface area contributed by atoms with Gasteiger partial charge in [-0.1, -0.05) is 12.8 Å². The van der Waals surface area contributed by atoms with Crippen molar-refractivity contribution in [2.45, 2.75) is 31.7 Å². The Hall–Kier alpha value is -1.30. The van der Waals surface area contributed by atoms with Crippen molar-refractivity contribution in [2.75, 3.05) is 26.8 Å². The van der Waals surface area contributed by atoms with E-state index in [1.807, 2.05) is 0 Å². The number of nitrogens with one attached hydrogen (secondary N) is 1. The Morgan fingerprint density at radius 2 is 2.11 bits per heavy atom. The third-order valence-corrected chi connectivity index (χ3v) is 3.95. The average Bonchev–Trinajstić information content (AvgIpc) is 3.06. The molecule has 6 nitrogen and oxygen atoms in total. The van der Waals surface area contributed by atoms with E-state index in [9.17, 15) is 9.59 Å². The first kappa shape index (κ1) is 14.1. The average molecular weight is 270 g/mol. The molecule has 2 rings (SSSR count). The van der Waals surface area contributed by atoms with Crippen LogP contribution in [0.2, 0.25) is 0 Å².